The van der Waals surface area contributed by atoms with Gasteiger partial charge in [-0.2, -0.15) is 0 Å². The molecule has 5 heteroatoms. The van der Waals surface area contributed by atoms with E-state index < -0.39 is 11.7 Å². The van der Waals surface area contributed by atoms with E-state index in [0.29, 0.717) is 18.4 Å². The molecule has 0 amide bonds. The number of ether oxygens (including phenoxy) is 2. The molecule has 3 aliphatic rings. The first-order chi connectivity index (χ1) is 9.36. The Balaban J connectivity index is 1.81. The second kappa shape index (κ2) is 4.40. The van der Waals surface area contributed by atoms with E-state index in [1.165, 1.54) is 6.92 Å². The van der Waals surface area contributed by atoms with Crippen molar-refractivity contribution in [3.8, 4) is 0 Å². The van der Waals surface area contributed by atoms with Gasteiger partial charge in [0.1, 0.15) is 17.5 Å². The number of ketones is 1. The van der Waals surface area contributed by atoms with E-state index in [0.717, 1.165) is 0 Å². The van der Waals surface area contributed by atoms with Gasteiger partial charge in [-0.15, -0.1) is 0 Å². The largest absolute Gasteiger partial charge is 0.458 e. The van der Waals surface area contributed by atoms with Crippen LogP contribution in [-0.2, 0) is 19.1 Å². The summed E-state index contributed by atoms with van der Waals surface area (Å²) in [6, 6.07) is 0. The van der Waals surface area contributed by atoms with Crippen LogP contribution in [0.5, 0.6) is 0 Å². The number of esters is 1. The highest BCUT2D eigenvalue weighted by Crippen LogP contribution is 2.56. The molecular weight excluding hydrogens is 260 g/mol. The Hall–Kier alpha value is -1.20. The molecule has 1 aliphatic carbocycles. The maximum atomic E-state index is 11.6. The monoisotopic (exact) mass is 280 g/mol. The topological polar surface area (TPSA) is 76.1 Å². The first-order valence-corrected chi connectivity index (χ1v) is 7.11. The Kier molecular flexibility index (Phi) is 3.03. The molecule has 2 aliphatic heterocycles. The van der Waals surface area contributed by atoms with Crippen LogP contribution in [0.3, 0.4) is 0 Å². The lowest BCUT2D eigenvalue weighted by Gasteiger charge is -2.26. The van der Waals surface area contributed by atoms with Crippen molar-refractivity contribution < 1.29 is 24.2 Å². The van der Waals surface area contributed by atoms with Gasteiger partial charge in [-0.3, -0.25) is 4.79 Å². The maximum Gasteiger partial charge on any atom is 0.334 e. The number of Topliss-reactive ketones (excluding diaryl/α,β-unsaturated/α-hetero) is 1. The van der Waals surface area contributed by atoms with Gasteiger partial charge in [0, 0.05) is 17.9 Å². The lowest BCUT2D eigenvalue weighted by atomic mass is 9.82. The predicted octanol–water partition coefficient (Wildman–Crippen LogP) is 0.992. The third kappa shape index (κ3) is 1.84. The van der Waals surface area contributed by atoms with Crippen LogP contribution in [0, 0.1) is 11.8 Å². The number of rotatable bonds is 3. The molecule has 1 N–H and O–H groups in total. The fourth-order valence-electron chi connectivity index (χ4n) is 3.87. The van der Waals surface area contributed by atoms with E-state index in [4.69, 9.17) is 9.47 Å². The molecule has 2 heterocycles. The van der Waals surface area contributed by atoms with Crippen LogP contribution in [0.4, 0.5) is 0 Å². The van der Waals surface area contributed by atoms with Gasteiger partial charge in [-0.25, -0.2) is 4.79 Å². The maximum absolute atomic E-state index is 11.6. The summed E-state index contributed by atoms with van der Waals surface area (Å²) in [6.07, 6.45) is 0.311. The SMILES string of the molecule is C=C1C(=O)OC2CC(C)C3(C(O)CC(C)=O)OC3CC12. The molecule has 20 heavy (non-hydrogen) atoms. The highest BCUT2D eigenvalue weighted by Gasteiger charge is 2.67. The van der Waals surface area contributed by atoms with E-state index in [1.807, 2.05) is 6.92 Å². The number of hydrogen-bond donors (Lipinski definition) is 1. The second-order valence-electron chi connectivity index (χ2n) is 6.33. The number of epoxide rings is 1. The predicted molar refractivity (Wildman–Crippen MR) is 69.8 cm³/mol. The van der Waals surface area contributed by atoms with E-state index in [1.54, 1.807) is 0 Å². The lowest BCUT2D eigenvalue weighted by Crippen LogP contribution is -2.39. The van der Waals surface area contributed by atoms with Crippen molar-refractivity contribution in [3.63, 3.8) is 0 Å². The molecule has 5 nitrogen and oxygen atoms in total. The Morgan fingerprint density at radius 2 is 2.25 bits per heavy atom. The summed E-state index contributed by atoms with van der Waals surface area (Å²) < 4.78 is 11.2. The molecule has 110 valence electrons. The molecule has 3 rings (SSSR count). The minimum atomic E-state index is -0.789. The molecule has 6 atom stereocenters. The van der Waals surface area contributed by atoms with E-state index in [-0.39, 0.29) is 42.2 Å². The molecule has 0 aromatic carbocycles. The van der Waals surface area contributed by atoms with Crippen LogP contribution < -0.4 is 0 Å². The number of fused-ring (bicyclic) bond motifs is 2. The summed E-state index contributed by atoms with van der Waals surface area (Å²) in [5.74, 6) is -0.349. The van der Waals surface area contributed by atoms with Crippen molar-refractivity contribution in [2.24, 2.45) is 11.8 Å². The van der Waals surface area contributed by atoms with Crippen LogP contribution >= 0.6 is 0 Å². The summed E-state index contributed by atoms with van der Waals surface area (Å²) in [6.45, 7) is 7.26. The van der Waals surface area contributed by atoms with Gasteiger partial charge < -0.3 is 14.6 Å². The van der Waals surface area contributed by atoms with E-state index in [9.17, 15) is 14.7 Å². The molecule has 3 fully saturated rings. The number of hydrogen-bond acceptors (Lipinski definition) is 5. The molecule has 1 saturated carbocycles. The van der Waals surface area contributed by atoms with Crippen LogP contribution in [-0.4, -0.2) is 40.8 Å². The number of aliphatic hydroxyl groups is 1. The van der Waals surface area contributed by atoms with Gasteiger partial charge in [0.15, 0.2) is 0 Å². The van der Waals surface area contributed by atoms with Crippen molar-refractivity contribution >= 4 is 11.8 Å². The average molecular weight is 280 g/mol. The molecule has 0 aromatic heterocycles. The second-order valence-corrected chi connectivity index (χ2v) is 6.33. The molecule has 0 radical (unpaired) electrons. The van der Waals surface area contributed by atoms with Crippen molar-refractivity contribution in [1.82, 2.24) is 0 Å². The van der Waals surface area contributed by atoms with Crippen molar-refractivity contribution in [2.75, 3.05) is 0 Å². The number of carbonyl (C=O) groups is 2. The fourth-order valence-corrected chi connectivity index (χ4v) is 3.87. The summed E-state index contributed by atoms with van der Waals surface area (Å²) in [5.41, 5.74) is -0.141. The van der Waals surface area contributed by atoms with Crippen molar-refractivity contribution in [3.05, 3.63) is 12.2 Å². The Morgan fingerprint density at radius 1 is 1.55 bits per heavy atom. The third-order valence-corrected chi connectivity index (χ3v) is 5.04. The zero-order valence-electron chi connectivity index (χ0n) is 11.8. The highest BCUT2D eigenvalue weighted by molar-refractivity contribution is 5.90. The number of carbonyl (C=O) groups excluding carboxylic acids is 2. The van der Waals surface area contributed by atoms with Crippen LogP contribution in [0.25, 0.3) is 0 Å². The van der Waals surface area contributed by atoms with Gasteiger partial charge in [-0.05, 0) is 25.7 Å². The smallest absolute Gasteiger partial charge is 0.334 e. The molecule has 0 aromatic rings. The van der Waals surface area contributed by atoms with Gasteiger partial charge in [-0.1, -0.05) is 13.5 Å². The zero-order chi connectivity index (χ0) is 14.7. The summed E-state index contributed by atoms with van der Waals surface area (Å²) in [4.78, 5) is 22.8. The molecular formula is C15H20O5. The standard InChI is InChI=1S/C15H20O5/c1-7-4-11-10(9(3)14(18)19-11)6-13-15(7,20-13)12(17)5-8(2)16/h7,10-13,17H,3-6H2,1-2H3. The minimum Gasteiger partial charge on any atom is -0.458 e. The van der Waals surface area contributed by atoms with Gasteiger partial charge >= 0.3 is 5.97 Å². The van der Waals surface area contributed by atoms with Crippen LogP contribution in [0.1, 0.15) is 33.1 Å². The molecule has 0 spiro atoms. The fraction of sp³-hybridized carbons (Fsp3) is 0.733. The third-order valence-electron chi connectivity index (χ3n) is 5.04. The van der Waals surface area contributed by atoms with Crippen molar-refractivity contribution in [2.45, 2.75) is 57.0 Å². The molecule has 6 unspecified atom stereocenters. The van der Waals surface area contributed by atoms with E-state index in [2.05, 4.69) is 6.58 Å². The average Bonchev–Trinajstić information content (AvgIpc) is 3.03. The van der Waals surface area contributed by atoms with E-state index >= 15 is 0 Å². The molecule has 2 saturated heterocycles. The number of aliphatic hydroxyl groups excluding tert-OH is 1. The van der Waals surface area contributed by atoms with Crippen LogP contribution in [0.2, 0.25) is 0 Å². The van der Waals surface area contributed by atoms with Gasteiger partial charge in [0.05, 0.1) is 12.2 Å². The summed E-state index contributed by atoms with van der Waals surface area (Å²) in [7, 11) is 0. The quantitative estimate of drug-likeness (QED) is 0.474. The zero-order valence-corrected chi connectivity index (χ0v) is 11.8. The molecule has 0 bridgehead atoms. The van der Waals surface area contributed by atoms with Crippen molar-refractivity contribution in [1.29, 1.82) is 0 Å². The Bertz CT molecular complexity index is 485. The lowest BCUT2D eigenvalue weighted by molar-refractivity contribution is -0.140. The summed E-state index contributed by atoms with van der Waals surface area (Å²) in [5, 5.41) is 10.3. The normalized spacial score (nSPS) is 44.1. The van der Waals surface area contributed by atoms with Crippen LogP contribution in [0.15, 0.2) is 12.2 Å². The Morgan fingerprint density at radius 3 is 2.90 bits per heavy atom. The van der Waals surface area contributed by atoms with Gasteiger partial charge in [0.25, 0.3) is 0 Å². The minimum absolute atomic E-state index is 0.0242. The first-order valence-electron chi connectivity index (χ1n) is 7.11. The summed E-state index contributed by atoms with van der Waals surface area (Å²) >= 11 is 0. The van der Waals surface area contributed by atoms with Gasteiger partial charge in [0.2, 0.25) is 0 Å². The first kappa shape index (κ1) is 13.8. The Labute approximate surface area is 117 Å². The highest BCUT2D eigenvalue weighted by atomic mass is 16.6.